The number of anilines is 1. The highest BCUT2D eigenvalue weighted by atomic mass is 32.1. The molecule has 6 nitrogen and oxygen atoms in total. The number of nitrogens with one attached hydrogen (secondary N) is 1. The van der Waals surface area contributed by atoms with Crippen molar-refractivity contribution in [2.24, 2.45) is 0 Å². The minimum atomic E-state index is -0.136. The number of hydrogen-bond acceptors (Lipinski definition) is 7. The molecule has 0 aliphatic rings. The van der Waals surface area contributed by atoms with Crippen molar-refractivity contribution in [2.75, 3.05) is 12.4 Å². The molecule has 2 aromatic heterocycles. The van der Waals surface area contributed by atoms with Crippen molar-refractivity contribution in [3.63, 3.8) is 0 Å². The van der Waals surface area contributed by atoms with Crippen molar-refractivity contribution in [1.29, 1.82) is 0 Å². The number of nitrogens with zero attached hydrogens (tertiary/aromatic N) is 4. The third-order valence-corrected chi connectivity index (χ3v) is 4.62. The second-order valence-corrected chi connectivity index (χ2v) is 8.03. The van der Waals surface area contributed by atoms with Crippen LogP contribution >= 0.6 is 11.3 Å². The van der Waals surface area contributed by atoms with Crippen LogP contribution in [-0.4, -0.2) is 27.3 Å². The molecule has 0 atom stereocenters. The van der Waals surface area contributed by atoms with Crippen LogP contribution in [0.4, 0.5) is 5.82 Å². The zero-order valence-electron chi connectivity index (χ0n) is 15.5. The van der Waals surface area contributed by atoms with E-state index in [4.69, 9.17) is 4.74 Å². The predicted molar refractivity (Wildman–Crippen MR) is 104 cm³/mol. The van der Waals surface area contributed by atoms with E-state index in [0.717, 1.165) is 32.9 Å². The lowest BCUT2D eigenvalue weighted by Gasteiger charge is -2.18. The largest absolute Gasteiger partial charge is 0.378 e. The normalized spacial score (nSPS) is 11.5. The summed E-state index contributed by atoms with van der Waals surface area (Å²) in [4.78, 5) is 9.24. The van der Waals surface area contributed by atoms with Crippen LogP contribution in [0.2, 0.25) is 0 Å². The van der Waals surface area contributed by atoms with Gasteiger partial charge in [-0.25, -0.2) is 9.97 Å². The van der Waals surface area contributed by atoms with E-state index in [9.17, 15) is 0 Å². The summed E-state index contributed by atoms with van der Waals surface area (Å²) >= 11 is 1.58. The lowest BCUT2D eigenvalue weighted by atomic mass is 9.95. The lowest BCUT2D eigenvalue weighted by molar-refractivity contribution is 0.181. The van der Waals surface area contributed by atoms with Gasteiger partial charge in [0.1, 0.15) is 21.7 Å². The summed E-state index contributed by atoms with van der Waals surface area (Å²) < 4.78 is 5.23. The van der Waals surface area contributed by atoms with Gasteiger partial charge in [-0.15, -0.1) is 10.2 Å². The highest BCUT2D eigenvalue weighted by molar-refractivity contribution is 7.14. The Balaban J connectivity index is 1.75. The molecule has 0 saturated heterocycles. The summed E-state index contributed by atoms with van der Waals surface area (Å²) in [5, 5.41) is 13.7. The number of benzene rings is 1. The number of hydrogen-bond donors (Lipinski definition) is 1. The number of aromatic nitrogens is 4. The Labute approximate surface area is 157 Å². The highest BCUT2D eigenvalue weighted by Gasteiger charge is 2.19. The van der Waals surface area contributed by atoms with Crippen LogP contribution in [0.3, 0.4) is 0 Å². The van der Waals surface area contributed by atoms with Crippen LogP contribution in [0, 0.1) is 0 Å². The van der Waals surface area contributed by atoms with Gasteiger partial charge in [0.2, 0.25) is 0 Å². The Hall–Kier alpha value is -2.38. The van der Waals surface area contributed by atoms with Gasteiger partial charge in [-0.3, -0.25) is 0 Å². The maximum absolute atomic E-state index is 5.23. The summed E-state index contributed by atoms with van der Waals surface area (Å²) in [7, 11) is 1.67. The fourth-order valence-corrected chi connectivity index (χ4v) is 3.12. The molecule has 0 spiro atoms. The standard InChI is InChI=1S/C19H23N5OS/c1-19(2,3)18-21-14(12-25-4)10-15(22-18)20-11-16-23-24-17(26-16)13-8-6-5-7-9-13/h5-10H,11-12H2,1-4H3,(H,20,21,22). The predicted octanol–water partition coefficient (Wildman–Crippen LogP) is 4.05. The molecule has 0 radical (unpaired) electrons. The highest BCUT2D eigenvalue weighted by Crippen LogP contribution is 2.24. The van der Waals surface area contributed by atoms with Gasteiger partial charge in [0.15, 0.2) is 0 Å². The third-order valence-electron chi connectivity index (χ3n) is 3.65. The molecule has 0 bridgehead atoms. The third kappa shape index (κ3) is 4.62. The molecule has 0 amide bonds. The second kappa shape index (κ2) is 7.88. The summed E-state index contributed by atoms with van der Waals surface area (Å²) in [5.41, 5.74) is 1.80. The van der Waals surface area contributed by atoms with Crippen LogP contribution in [0.5, 0.6) is 0 Å². The molecular weight excluding hydrogens is 346 g/mol. The van der Waals surface area contributed by atoms with Gasteiger partial charge < -0.3 is 10.1 Å². The fraction of sp³-hybridized carbons (Fsp3) is 0.368. The van der Waals surface area contributed by atoms with Gasteiger partial charge in [0.05, 0.1) is 18.8 Å². The first-order valence-corrected chi connectivity index (χ1v) is 9.26. The number of rotatable bonds is 6. The molecule has 0 fully saturated rings. The van der Waals surface area contributed by atoms with Crippen LogP contribution < -0.4 is 5.32 Å². The van der Waals surface area contributed by atoms with E-state index in [1.54, 1.807) is 18.4 Å². The van der Waals surface area contributed by atoms with Gasteiger partial charge in [-0.1, -0.05) is 62.4 Å². The number of ether oxygens (including phenoxy) is 1. The van der Waals surface area contributed by atoms with E-state index in [0.29, 0.717) is 13.2 Å². The molecule has 26 heavy (non-hydrogen) atoms. The molecule has 0 aliphatic carbocycles. The first kappa shape index (κ1) is 18.4. The van der Waals surface area contributed by atoms with Crippen LogP contribution in [0.1, 0.15) is 37.3 Å². The first-order chi connectivity index (χ1) is 12.5. The molecular formula is C19H23N5OS. The average molecular weight is 369 g/mol. The van der Waals surface area contributed by atoms with E-state index >= 15 is 0 Å². The smallest absolute Gasteiger partial charge is 0.147 e. The van der Waals surface area contributed by atoms with Crippen molar-refractivity contribution in [3.05, 3.63) is 52.9 Å². The summed E-state index contributed by atoms with van der Waals surface area (Å²) in [5.74, 6) is 1.56. The molecule has 1 aromatic carbocycles. The fourth-order valence-electron chi connectivity index (χ4n) is 2.33. The zero-order valence-corrected chi connectivity index (χ0v) is 16.3. The van der Waals surface area contributed by atoms with E-state index in [1.165, 1.54) is 0 Å². The molecule has 0 saturated carbocycles. The Morgan fingerprint density at radius 2 is 1.85 bits per heavy atom. The second-order valence-electron chi connectivity index (χ2n) is 6.97. The Kier molecular flexibility index (Phi) is 5.58. The van der Waals surface area contributed by atoms with Crippen LogP contribution in [0.25, 0.3) is 10.6 Å². The molecule has 7 heteroatoms. The Morgan fingerprint density at radius 1 is 1.08 bits per heavy atom. The van der Waals surface area contributed by atoms with E-state index in [1.807, 2.05) is 36.4 Å². The minimum absolute atomic E-state index is 0.136. The van der Waals surface area contributed by atoms with Crippen LogP contribution in [0.15, 0.2) is 36.4 Å². The van der Waals surface area contributed by atoms with Crippen LogP contribution in [-0.2, 0) is 23.3 Å². The first-order valence-electron chi connectivity index (χ1n) is 8.45. The zero-order chi connectivity index (χ0) is 18.6. The summed E-state index contributed by atoms with van der Waals surface area (Å²) in [6.45, 7) is 7.31. The Bertz CT molecular complexity index is 858. The molecule has 0 aliphatic heterocycles. The Morgan fingerprint density at radius 3 is 2.54 bits per heavy atom. The topological polar surface area (TPSA) is 72.8 Å². The molecule has 3 aromatic rings. The molecule has 1 N–H and O–H groups in total. The van der Waals surface area contributed by atoms with Crippen molar-refractivity contribution in [3.8, 4) is 10.6 Å². The summed E-state index contributed by atoms with van der Waals surface area (Å²) in [6, 6.07) is 12.0. The van der Waals surface area contributed by atoms with E-state index < -0.39 is 0 Å². The minimum Gasteiger partial charge on any atom is -0.378 e. The maximum Gasteiger partial charge on any atom is 0.147 e. The van der Waals surface area contributed by atoms with Crippen molar-refractivity contribution in [1.82, 2.24) is 20.2 Å². The molecule has 2 heterocycles. The molecule has 3 rings (SSSR count). The summed E-state index contributed by atoms with van der Waals surface area (Å²) in [6.07, 6.45) is 0. The van der Waals surface area contributed by atoms with E-state index in [2.05, 4.69) is 46.3 Å². The average Bonchev–Trinajstić information content (AvgIpc) is 3.09. The lowest BCUT2D eigenvalue weighted by Crippen LogP contribution is -2.18. The quantitative estimate of drug-likeness (QED) is 0.707. The van der Waals surface area contributed by atoms with Crippen molar-refractivity contribution < 1.29 is 4.74 Å². The van der Waals surface area contributed by atoms with Gasteiger partial charge in [-0.05, 0) is 0 Å². The molecule has 136 valence electrons. The van der Waals surface area contributed by atoms with Gasteiger partial charge in [0.25, 0.3) is 0 Å². The van der Waals surface area contributed by atoms with Gasteiger partial charge in [-0.2, -0.15) is 0 Å². The maximum atomic E-state index is 5.23. The van der Waals surface area contributed by atoms with E-state index in [-0.39, 0.29) is 5.41 Å². The van der Waals surface area contributed by atoms with Gasteiger partial charge >= 0.3 is 0 Å². The number of methoxy groups -OCH3 is 1. The van der Waals surface area contributed by atoms with Crippen molar-refractivity contribution in [2.45, 2.75) is 39.3 Å². The monoisotopic (exact) mass is 369 g/mol. The van der Waals surface area contributed by atoms with Crippen molar-refractivity contribution >= 4 is 17.2 Å². The molecule has 0 unspecified atom stereocenters. The SMILES string of the molecule is COCc1cc(NCc2nnc(-c3ccccc3)s2)nc(C(C)(C)C)n1. The van der Waals surface area contributed by atoms with Gasteiger partial charge in [0, 0.05) is 24.2 Å².